The topological polar surface area (TPSA) is 492 Å². The number of rotatable bonds is 40. The Morgan fingerprint density at radius 3 is 1.49 bits per heavy atom. The van der Waals surface area contributed by atoms with E-state index in [2.05, 4.69) is 42.5 Å². The summed E-state index contributed by atoms with van der Waals surface area (Å²) in [5.41, 5.74) is 27.7. The van der Waals surface area contributed by atoms with Crippen molar-refractivity contribution >= 4 is 76.9 Å². The van der Waals surface area contributed by atoms with Gasteiger partial charge < -0.3 is 86.3 Å². The van der Waals surface area contributed by atoms with Gasteiger partial charge in [0.1, 0.15) is 54.4 Å². The fraction of sp³-hybridized carbons (Fsp3) is 0.755. The van der Waals surface area contributed by atoms with Crippen LogP contribution >= 0.6 is 0 Å². The first-order chi connectivity index (χ1) is 38.4. The Morgan fingerprint density at radius 2 is 0.988 bits per heavy atom. The van der Waals surface area contributed by atoms with Crippen LogP contribution < -0.4 is 71.2 Å². The molecule has 0 spiro atoms. The van der Waals surface area contributed by atoms with Gasteiger partial charge in [-0.3, -0.25) is 57.5 Å². The summed E-state index contributed by atoms with van der Waals surface area (Å²) in [7, 11) is 0. The van der Waals surface area contributed by atoms with E-state index in [-0.39, 0.29) is 70.0 Å². The lowest BCUT2D eigenvalue weighted by Gasteiger charge is -2.33. The van der Waals surface area contributed by atoms with Gasteiger partial charge in [-0.25, -0.2) is 4.79 Å². The van der Waals surface area contributed by atoms with Crippen molar-refractivity contribution in [3.8, 4) is 0 Å². The summed E-state index contributed by atoms with van der Waals surface area (Å²) in [5, 5.41) is 39.3. The van der Waals surface area contributed by atoms with Gasteiger partial charge in [0.15, 0.2) is 0 Å². The third-order valence-corrected chi connectivity index (χ3v) is 13.8. The Labute approximate surface area is 479 Å². The van der Waals surface area contributed by atoms with Crippen molar-refractivity contribution in [3.63, 3.8) is 0 Å². The smallest absolute Gasteiger partial charge is 0.326 e. The minimum absolute atomic E-state index is 0.0123. The van der Waals surface area contributed by atoms with Gasteiger partial charge in [0.2, 0.25) is 65.0 Å². The molecule has 0 aromatic rings. The summed E-state index contributed by atoms with van der Waals surface area (Å²) in [6, 6.07) is -13.6. The first-order valence-corrected chi connectivity index (χ1v) is 28.3. The highest BCUT2D eigenvalue weighted by Gasteiger charge is 2.42. The average Bonchev–Trinajstić information content (AvgIpc) is 3.91. The number of likely N-dealkylation sites (tertiary alicyclic amines) is 1. The molecular formula is C53H94N14O15. The third-order valence-electron chi connectivity index (χ3n) is 13.8. The molecule has 1 rings (SSSR count). The number of amides is 11. The Hall–Kier alpha value is -7.01. The number of hydrogen-bond donors (Lipinski definition) is 15. The molecule has 20 N–H and O–H groups in total. The number of unbranched alkanes of at least 4 members (excludes halogenated alkanes) is 2. The van der Waals surface area contributed by atoms with E-state index in [1.165, 1.54) is 4.90 Å². The summed E-state index contributed by atoms with van der Waals surface area (Å²) in [4.78, 5) is 174. The van der Waals surface area contributed by atoms with Gasteiger partial charge in [-0.2, -0.15) is 0 Å². The van der Waals surface area contributed by atoms with E-state index in [1.54, 1.807) is 55.4 Å². The second-order valence-corrected chi connectivity index (χ2v) is 22.2. The quantitative estimate of drug-likeness (QED) is 0.0271. The van der Waals surface area contributed by atoms with E-state index in [9.17, 15) is 67.4 Å². The third kappa shape index (κ3) is 26.3. The lowest BCUT2D eigenvalue weighted by Crippen LogP contribution is -2.62. The molecule has 1 aliphatic rings. The number of carbonyl (C=O) groups is 13. The summed E-state index contributed by atoms with van der Waals surface area (Å²) in [6.07, 6.45) is 0.475. The Morgan fingerprint density at radius 1 is 0.524 bits per heavy atom. The molecule has 29 nitrogen and oxygen atoms in total. The van der Waals surface area contributed by atoms with Gasteiger partial charge in [-0.1, -0.05) is 61.8 Å². The highest BCUT2D eigenvalue weighted by atomic mass is 16.4. The number of hydrogen-bond acceptors (Lipinski definition) is 16. The second-order valence-electron chi connectivity index (χ2n) is 22.2. The fourth-order valence-electron chi connectivity index (χ4n) is 9.02. The summed E-state index contributed by atoms with van der Waals surface area (Å²) >= 11 is 0. The van der Waals surface area contributed by atoms with Crippen molar-refractivity contribution in [2.75, 3.05) is 19.6 Å². The summed E-state index contributed by atoms with van der Waals surface area (Å²) in [5.74, 6) is -13.7. The van der Waals surface area contributed by atoms with Gasteiger partial charge in [0, 0.05) is 13.0 Å². The molecule has 1 fully saturated rings. The number of nitrogens with zero attached hydrogens (tertiary/aromatic N) is 1. The maximum Gasteiger partial charge on any atom is 0.326 e. The predicted molar refractivity (Wildman–Crippen MR) is 299 cm³/mol. The molecular weight excluding hydrogens is 1070 g/mol. The molecule has 0 saturated carbocycles. The molecule has 0 bridgehead atoms. The maximum absolute atomic E-state index is 14.6. The van der Waals surface area contributed by atoms with Gasteiger partial charge in [-0.05, 0) is 107 Å². The zero-order valence-corrected chi connectivity index (χ0v) is 48.8. The van der Waals surface area contributed by atoms with Crippen LogP contribution in [0.4, 0.5) is 0 Å². The molecule has 0 radical (unpaired) electrons. The monoisotopic (exact) mass is 1170 g/mol. The van der Waals surface area contributed by atoms with Gasteiger partial charge in [0.25, 0.3) is 0 Å². The minimum Gasteiger partial charge on any atom is -0.481 e. The molecule has 82 heavy (non-hydrogen) atoms. The van der Waals surface area contributed by atoms with Crippen molar-refractivity contribution in [3.05, 3.63) is 0 Å². The van der Waals surface area contributed by atoms with Crippen LogP contribution in [0.3, 0.4) is 0 Å². The molecule has 11 atom stereocenters. The molecule has 29 heteroatoms. The van der Waals surface area contributed by atoms with Crippen molar-refractivity contribution in [1.82, 2.24) is 47.4 Å². The SMILES string of the molecule is CC[C@H](C)[C@H](NC(=O)[C@@H]1CCCN1C(=O)[C@H](CC(C)C)NC(=O)[C@H](CC(C)C)NC(=O)[C@H](CCC(N)=O)NC(=O)[C@H](CCCCN)NC(=O)[C@@H](N)CC(=O)O)C(=O)N[C@H](C(=O)N[C@@H](CC(N)=O)C(=O)N[C@@H](CCCCN)C(=O)O)C(C)C. The Kier molecular flexibility index (Phi) is 33.1. The number of nitrogens with one attached hydrogen (secondary N) is 8. The van der Waals surface area contributed by atoms with Gasteiger partial charge in [-0.15, -0.1) is 0 Å². The molecule has 0 aliphatic carbocycles. The van der Waals surface area contributed by atoms with E-state index in [0.29, 0.717) is 38.5 Å². The molecule has 466 valence electrons. The van der Waals surface area contributed by atoms with E-state index < -0.39 is 168 Å². The normalized spacial score (nSPS) is 16.9. The Balaban J connectivity index is 3.48. The number of nitrogens with two attached hydrogens (primary N) is 5. The highest BCUT2D eigenvalue weighted by Crippen LogP contribution is 2.22. The van der Waals surface area contributed by atoms with Crippen LogP contribution in [-0.2, 0) is 62.3 Å². The second kappa shape index (κ2) is 37.2. The van der Waals surface area contributed by atoms with E-state index in [0.717, 1.165) is 0 Å². The van der Waals surface area contributed by atoms with Crippen LogP contribution in [0, 0.1) is 23.7 Å². The maximum atomic E-state index is 14.6. The van der Waals surface area contributed by atoms with Crippen LogP contribution in [0.2, 0.25) is 0 Å². The van der Waals surface area contributed by atoms with Crippen molar-refractivity contribution in [2.24, 2.45) is 52.3 Å². The molecule has 1 heterocycles. The molecule has 0 unspecified atom stereocenters. The lowest BCUT2D eigenvalue weighted by atomic mass is 9.95. The number of carboxylic acid groups (broad SMARTS) is 2. The molecule has 0 aromatic carbocycles. The first-order valence-electron chi connectivity index (χ1n) is 28.3. The van der Waals surface area contributed by atoms with Crippen LogP contribution in [0.25, 0.3) is 0 Å². The van der Waals surface area contributed by atoms with Crippen LogP contribution in [0.1, 0.15) is 152 Å². The number of carboxylic acids is 2. The van der Waals surface area contributed by atoms with Crippen LogP contribution in [0.15, 0.2) is 0 Å². The van der Waals surface area contributed by atoms with Crippen molar-refractivity contribution in [1.29, 1.82) is 0 Å². The minimum atomic E-state index is -1.62. The average molecular weight is 1170 g/mol. The van der Waals surface area contributed by atoms with Crippen molar-refractivity contribution in [2.45, 2.75) is 212 Å². The summed E-state index contributed by atoms with van der Waals surface area (Å²) in [6.45, 7) is 14.4. The number of primary amides is 2. The predicted octanol–water partition coefficient (Wildman–Crippen LogP) is -3.06. The Bertz CT molecular complexity index is 2200. The lowest BCUT2D eigenvalue weighted by molar-refractivity contribution is -0.143. The molecule has 0 aromatic heterocycles. The van der Waals surface area contributed by atoms with Gasteiger partial charge >= 0.3 is 11.9 Å². The molecule has 1 aliphatic heterocycles. The molecule has 1 saturated heterocycles. The van der Waals surface area contributed by atoms with E-state index in [1.807, 2.05) is 0 Å². The largest absolute Gasteiger partial charge is 0.481 e. The van der Waals surface area contributed by atoms with Crippen molar-refractivity contribution < 1.29 is 72.5 Å². The summed E-state index contributed by atoms with van der Waals surface area (Å²) < 4.78 is 0. The first kappa shape index (κ1) is 73.0. The standard InChI is InChI=1S/C53H94N14O15/c1-9-30(8)43(51(79)65-42(29(6)7)50(78)63-36(26-40(58)69)48(76)61-34(53(81)82)16-11-13-21-55)66-49(77)38-17-14-22-67(38)52(80)37(24-28(4)5)64-47(75)35(23-27(2)3)62-46(74)33(18-19-39(57)68)60-45(73)32(15-10-12-20-54)59-44(72)31(56)25-41(70)71/h27-38,42-43H,9-26,54-56H2,1-8H3,(H2,57,68)(H2,58,69)(H,59,72)(H,60,73)(H,61,76)(H,62,74)(H,63,78)(H,64,75)(H,65,79)(H,66,77)(H,70,71)(H,81,82)/t30-,31-,32-,33-,34-,35-,36-,37-,38-,42-,43-/m0/s1. The fourth-order valence-corrected chi connectivity index (χ4v) is 9.02. The van der Waals surface area contributed by atoms with Crippen LogP contribution in [-0.4, -0.2) is 172 Å². The molecule has 11 amide bonds. The van der Waals surface area contributed by atoms with E-state index >= 15 is 0 Å². The zero-order valence-electron chi connectivity index (χ0n) is 48.8. The number of carbonyl (C=O) groups excluding carboxylic acids is 11. The van der Waals surface area contributed by atoms with Crippen LogP contribution in [0.5, 0.6) is 0 Å². The van der Waals surface area contributed by atoms with Gasteiger partial charge in [0.05, 0.1) is 18.9 Å². The van der Waals surface area contributed by atoms with E-state index in [4.69, 9.17) is 33.8 Å². The zero-order chi connectivity index (χ0) is 62.6. The highest BCUT2D eigenvalue weighted by molar-refractivity contribution is 5.99. The number of aliphatic carboxylic acids is 2.